The molecule has 1 aliphatic rings. The number of rotatable bonds is 4. The van der Waals surface area contributed by atoms with Crippen molar-refractivity contribution in [3.63, 3.8) is 0 Å². The van der Waals surface area contributed by atoms with Crippen LogP contribution in [0.2, 0.25) is 0 Å². The second kappa shape index (κ2) is 7.75. The van der Waals surface area contributed by atoms with Crippen LogP contribution in [0.15, 0.2) is 34.4 Å². The van der Waals surface area contributed by atoms with E-state index in [0.29, 0.717) is 38.4 Å². The van der Waals surface area contributed by atoms with E-state index in [1.807, 2.05) is 11.8 Å². The summed E-state index contributed by atoms with van der Waals surface area (Å²) in [6.45, 7) is 4.03. The molecule has 1 aliphatic heterocycles. The molecule has 1 saturated heterocycles. The highest BCUT2D eigenvalue weighted by atomic mass is 32.1. The third-order valence-electron chi connectivity index (χ3n) is 4.70. The van der Waals surface area contributed by atoms with Crippen LogP contribution in [0.5, 0.6) is 0 Å². The number of amides is 1. The van der Waals surface area contributed by atoms with E-state index in [1.165, 1.54) is 6.07 Å². The van der Waals surface area contributed by atoms with Gasteiger partial charge in [-0.05, 0) is 25.1 Å². The number of alkyl halides is 3. The Bertz CT molecular complexity index is 867. The van der Waals surface area contributed by atoms with Gasteiger partial charge in [0.25, 0.3) is 0 Å². The Morgan fingerprint density at radius 3 is 2.48 bits per heavy atom. The molecule has 146 valence electrons. The molecule has 27 heavy (non-hydrogen) atoms. The SMILES string of the molecule is Cc1csc(=O)n1CCC(=O)N1CCN(c2cccc(C(F)(F)F)c2)CC1. The minimum Gasteiger partial charge on any atom is -0.368 e. The lowest BCUT2D eigenvalue weighted by molar-refractivity contribution is -0.137. The molecule has 0 aliphatic carbocycles. The van der Waals surface area contributed by atoms with E-state index in [2.05, 4.69) is 0 Å². The summed E-state index contributed by atoms with van der Waals surface area (Å²) in [5.41, 5.74) is 0.680. The molecule has 0 saturated carbocycles. The van der Waals surface area contributed by atoms with Gasteiger partial charge in [0.1, 0.15) is 0 Å². The van der Waals surface area contributed by atoms with Crippen molar-refractivity contribution in [2.24, 2.45) is 0 Å². The van der Waals surface area contributed by atoms with E-state index in [9.17, 15) is 22.8 Å². The lowest BCUT2D eigenvalue weighted by Gasteiger charge is -2.36. The van der Waals surface area contributed by atoms with Crippen molar-refractivity contribution in [1.29, 1.82) is 0 Å². The highest BCUT2D eigenvalue weighted by Crippen LogP contribution is 2.31. The average Bonchev–Trinajstić information content (AvgIpc) is 2.97. The minimum absolute atomic E-state index is 0.0452. The Hall–Kier alpha value is -2.29. The van der Waals surface area contributed by atoms with Crippen LogP contribution in [-0.2, 0) is 17.5 Å². The summed E-state index contributed by atoms with van der Waals surface area (Å²) in [5, 5.41) is 1.76. The lowest BCUT2D eigenvalue weighted by Crippen LogP contribution is -2.49. The predicted octanol–water partition coefficient (Wildman–Crippen LogP) is 2.98. The van der Waals surface area contributed by atoms with Gasteiger partial charge in [0.15, 0.2) is 0 Å². The van der Waals surface area contributed by atoms with E-state index in [4.69, 9.17) is 0 Å². The van der Waals surface area contributed by atoms with Crippen molar-refractivity contribution < 1.29 is 18.0 Å². The molecule has 2 aromatic rings. The van der Waals surface area contributed by atoms with Gasteiger partial charge >= 0.3 is 11.0 Å². The molecule has 0 spiro atoms. The molecule has 3 rings (SSSR count). The number of carbonyl (C=O) groups is 1. The number of benzene rings is 1. The van der Waals surface area contributed by atoms with Crippen molar-refractivity contribution in [3.8, 4) is 0 Å². The average molecular weight is 399 g/mol. The van der Waals surface area contributed by atoms with Gasteiger partial charge in [-0.25, -0.2) is 0 Å². The van der Waals surface area contributed by atoms with E-state index in [-0.39, 0.29) is 17.2 Å². The van der Waals surface area contributed by atoms with Gasteiger partial charge in [0.2, 0.25) is 5.91 Å². The molecule has 0 radical (unpaired) electrons. The van der Waals surface area contributed by atoms with E-state index in [0.717, 1.165) is 29.2 Å². The van der Waals surface area contributed by atoms with Crippen molar-refractivity contribution in [1.82, 2.24) is 9.47 Å². The maximum Gasteiger partial charge on any atom is 0.416 e. The summed E-state index contributed by atoms with van der Waals surface area (Å²) in [6.07, 6.45) is -4.13. The number of aryl methyl sites for hydroxylation is 1. The lowest BCUT2D eigenvalue weighted by atomic mass is 10.1. The molecule has 1 amide bonds. The van der Waals surface area contributed by atoms with Gasteiger partial charge in [-0.1, -0.05) is 17.4 Å². The molecule has 0 atom stereocenters. The zero-order valence-corrected chi connectivity index (χ0v) is 15.6. The van der Waals surface area contributed by atoms with Gasteiger partial charge in [-0.3, -0.25) is 9.59 Å². The molecule has 0 bridgehead atoms. The Morgan fingerprint density at radius 2 is 1.89 bits per heavy atom. The number of hydrogen-bond donors (Lipinski definition) is 0. The summed E-state index contributed by atoms with van der Waals surface area (Å²) in [6, 6.07) is 5.25. The second-order valence-corrected chi connectivity index (χ2v) is 7.28. The fraction of sp³-hybridized carbons (Fsp3) is 0.444. The molecule has 2 heterocycles. The van der Waals surface area contributed by atoms with Crippen LogP contribution in [0, 0.1) is 6.92 Å². The fourth-order valence-electron chi connectivity index (χ4n) is 3.13. The highest BCUT2D eigenvalue weighted by Gasteiger charge is 2.31. The van der Waals surface area contributed by atoms with Gasteiger partial charge < -0.3 is 14.4 Å². The largest absolute Gasteiger partial charge is 0.416 e. The second-order valence-electron chi connectivity index (χ2n) is 6.46. The molecular weight excluding hydrogens is 379 g/mol. The van der Waals surface area contributed by atoms with Crippen molar-refractivity contribution in [3.05, 3.63) is 50.6 Å². The van der Waals surface area contributed by atoms with Crippen LogP contribution in [0.1, 0.15) is 17.7 Å². The van der Waals surface area contributed by atoms with Gasteiger partial charge in [0, 0.05) is 55.9 Å². The van der Waals surface area contributed by atoms with Gasteiger partial charge in [-0.15, -0.1) is 0 Å². The number of hydrogen-bond acceptors (Lipinski definition) is 4. The van der Waals surface area contributed by atoms with Crippen LogP contribution >= 0.6 is 11.3 Å². The predicted molar refractivity (Wildman–Crippen MR) is 98.2 cm³/mol. The number of nitrogens with zero attached hydrogens (tertiary/aromatic N) is 3. The molecule has 0 unspecified atom stereocenters. The Labute approximate surface area is 158 Å². The topological polar surface area (TPSA) is 45.6 Å². The van der Waals surface area contributed by atoms with E-state index in [1.54, 1.807) is 20.9 Å². The standard InChI is InChI=1S/C18H20F3N3O2S/c1-13-12-27-17(26)24(13)6-5-16(25)23-9-7-22(8-10-23)15-4-2-3-14(11-15)18(19,20)21/h2-4,11-12H,5-10H2,1H3. The molecule has 1 fully saturated rings. The molecular formula is C18H20F3N3O2S. The summed E-state index contributed by atoms with van der Waals surface area (Å²) in [5.74, 6) is -0.0452. The monoisotopic (exact) mass is 399 g/mol. The molecule has 1 aromatic heterocycles. The van der Waals surface area contributed by atoms with Crippen molar-refractivity contribution >= 4 is 22.9 Å². The summed E-state index contributed by atoms with van der Waals surface area (Å²) >= 11 is 1.11. The van der Waals surface area contributed by atoms with E-state index >= 15 is 0 Å². The Kier molecular flexibility index (Phi) is 5.59. The summed E-state index contributed by atoms with van der Waals surface area (Å²) in [4.78, 5) is 27.6. The zero-order chi connectivity index (χ0) is 19.6. The number of halogens is 3. The number of aromatic nitrogens is 1. The fourth-order valence-corrected chi connectivity index (χ4v) is 3.89. The van der Waals surface area contributed by atoms with Crippen LogP contribution in [0.4, 0.5) is 18.9 Å². The highest BCUT2D eigenvalue weighted by molar-refractivity contribution is 7.07. The molecule has 0 N–H and O–H groups in total. The summed E-state index contributed by atoms with van der Waals surface area (Å²) < 4.78 is 40.2. The maximum absolute atomic E-state index is 12.9. The van der Waals surface area contributed by atoms with Crippen LogP contribution in [0.25, 0.3) is 0 Å². The quantitative estimate of drug-likeness (QED) is 0.794. The minimum atomic E-state index is -4.37. The molecule has 5 nitrogen and oxygen atoms in total. The van der Waals surface area contributed by atoms with Crippen molar-refractivity contribution in [2.45, 2.75) is 26.1 Å². The van der Waals surface area contributed by atoms with Gasteiger partial charge in [-0.2, -0.15) is 13.2 Å². The molecule has 1 aromatic carbocycles. The van der Waals surface area contributed by atoms with Gasteiger partial charge in [0.05, 0.1) is 5.56 Å². The van der Waals surface area contributed by atoms with E-state index < -0.39 is 11.7 Å². The third-order valence-corrected chi connectivity index (χ3v) is 5.58. The number of carbonyl (C=O) groups excluding carboxylic acids is 1. The molecule has 9 heteroatoms. The van der Waals surface area contributed by atoms with Crippen LogP contribution < -0.4 is 9.77 Å². The first-order valence-electron chi connectivity index (χ1n) is 8.60. The van der Waals surface area contributed by atoms with Crippen LogP contribution in [-0.4, -0.2) is 41.6 Å². The maximum atomic E-state index is 12.9. The Balaban J connectivity index is 1.56. The number of thiazole rings is 1. The zero-order valence-electron chi connectivity index (χ0n) is 14.8. The first-order valence-corrected chi connectivity index (χ1v) is 9.48. The number of piperazine rings is 1. The third kappa shape index (κ3) is 4.52. The van der Waals surface area contributed by atoms with Crippen molar-refractivity contribution in [2.75, 3.05) is 31.1 Å². The first kappa shape index (κ1) is 19.5. The van der Waals surface area contributed by atoms with Crippen LogP contribution in [0.3, 0.4) is 0 Å². The number of anilines is 1. The first-order chi connectivity index (χ1) is 12.8. The summed E-state index contributed by atoms with van der Waals surface area (Å²) in [7, 11) is 0. The Morgan fingerprint density at radius 1 is 1.19 bits per heavy atom. The normalized spacial score (nSPS) is 15.3. The smallest absolute Gasteiger partial charge is 0.368 e.